The van der Waals surface area contributed by atoms with Crippen LogP contribution in [0.15, 0.2) is 125 Å². The van der Waals surface area contributed by atoms with Crippen molar-refractivity contribution in [2.24, 2.45) is 4.99 Å². The lowest BCUT2D eigenvalue weighted by molar-refractivity contribution is -0.138. The average Bonchev–Trinajstić information content (AvgIpc) is 3.47. The number of thiazole rings is 1. The van der Waals surface area contributed by atoms with E-state index >= 15 is 0 Å². The molecule has 0 bridgehead atoms. The number of carbonyl (C=O) groups excluding carboxylic acids is 1. The molecule has 9 heteroatoms. The molecular formula is C43H37IN2O5S. The zero-order valence-corrected chi connectivity index (χ0v) is 32.2. The first kappa shape index (κ1) is 35.4. The van der Waals surface area contributed by atoms with Gasteiger partial charge in [-0.15, -0.1) is 0 Å². The molecule has 7 nitrogen and oxygen atoms in total. The number of carbonyl (C=O) groups is 1. The number of ether oxygens (including phenoxy) is 3. The number of benzene rings is 5. The summed E-state index contributed by atoms with van der Waals surface area (Å²) in [5, 5.41) is 2.30. The summed E-state index contributed by atoms with van der Waals surface area (Å²) in [5.74, 6) is 1.01. The predicted molar refractivity (Wildman–Crippen MR) is 216 cm³/mol. The highest BCUT2D eigenvalue weighted by Crippen LogP contribution is 2.37. The maximum absolute atomic E-state index is 14.5. The molecule has 0 unspecified atom stereocenters. The van der Waals surface area contributed by atoms with E-state index in [1.165, 1.54) is 11.3 Å². The summed E-state index contributed by atoms with van der Waals surface area (Å²) < 4.78 is 20.7. The second-order valence-electron chi connectivity index (χ2n) is 12.7. The maximum atomic E-state index is 14.5. The highest BCUT2D eigenvalue weighted by Gasteiger charge is 2.35. The Hall–Kier alpha value is -5.00. The molecule has 0 fully saturated rings. The molecule has 0 saturated heterocycles. The summed E-state index contributed by atoms with van der Waals surface area (Å²) in [6.07, 6.45) is 1.85. The molecule has 6 aromatic rings. The highest BCUT2D eigenvalue weighted by atomic mass is 127. The van der Waals surface area contributed by atoms with E-state index in [0.717, 1.165) is 42.2 Å². The second kappa shape index (κ2) is 15.3. The molecule has 0 N–H and O–H groups in total. The van der Waals surface area contributed by atoms with Gasteiger partial charge in [0.2, 0.25) is 0 Å². The van der Waals surface area contributed by atoms with E-state index in [1.807, 2.05) is 78.9 Å². The number of halogens is 1. The van der Waals surface area contributed by atoms with Crippen LogP contribution in [0.3, 0.4) is 0 Å². The van der Waals surface area contributed by atoms with Crippen LogP contribution in [0, 0.1) is 3.57 Å². The number of rotatable bonds is 10. The number of aromatic nitrogens is 1. The smallest absolute Gasteiger partial charge is 0.338 e. The first-order chi connectivity index (χ1) is 25.3. The van der Waals surface area contributed by atoms with E-state index in [-0.39, 0.29) is 12.2 Å². The van der Waals surface area contributed by atoms with Gasteiger partial charge in [-0.25, -0.2) is 9.79 Å². The molecule has 0 radical (unpaired) electrons. The van der Waals surface area contributed by atoms with Gasteiger partial charge in [0.25, 0.3) is 5.56 Å². The molecule has 5 aromatic carbocycles. The Labute approximate surface area is 319 Å². The molecule has 0 spiro atoms. The van der Waals surface area contributed by atoms with Crippen molar-refractivity contribution in [1.82, 2.24) is 4.57 Å². The third-order valence-electron chi connectivity index (χ3n) is 9.09. The molecule has 52 heavy (non-hydrogen) atoms. The van der Waals surface area contributed by atoms with Gasteiger partial charge in [-0.05, 0) is 86.7 Å². The molecule has 1 aliphatic rings. The number of fused-ring (bicyclic) bond motifs is 2. The van der Waals surface area contributed by atoms with Gasteiger partial charge in [0.05, 0.1) is 39.1 Å². The number of hydrogen-bond donors (Lipinski definition) is 0. The largest absolute Gasteiger partial charge is 0.493 e. The second-order valence-corrected chi connectivity index (χ2v) is 14.9. The fraction of sp³-hybridized carbons (Fsp3) is 0.186. The molecule has 2 heterocycles. The highest BCUT2D eigenvalue weighted by molar-refractivity contribution is 14.1. The van der Waals surface area contributed by atoms with Crippen LogP contribution in [0.5, 0.6) is 11.5 Å². The average molecular weight is 821 g/mol. The number of hydrogen-bond acceptors (Lipinski definition) is 7. The lowest BCUT2D eigenvalue weighted by atomic mass is 9.91. The number of methoxy groups -OCH3 is 1. The van der Waals surface area contributed by atoms with Crippen molar-refractivity contribution < 1.29 is 19.0 Å². The molecule has 0 aliphatic carbocycles. The minimum absolute atomic E-state index is 0.190. The fourth-order valence-electron chi connectivity index (χ4n) is 6.50. The SMILES string of the molecule is CCOC(=O)C1=C(c2ccccc2)N=c2s/c(=C\c3cc(I)c(OCc4cccc5ccccc45)c(OC)c3)c(=O)n2[C@H]1c1ccc(C(C)C)cc1. The van der Waals surface area contributed by atoms with E-state index in [0.29, 0.717) is 44.6 Å². The summed E-state index contributed by atoms with van der Waals surface area (Å²) >= 11 is 3.54. The molecule has 1 aliphatic heterocycles. The summed E-state index contributed by atoms with van der Waals surface area (Å²) in [7, 11) is 1.61. The first-order valence-corrected chi connectivity index (χ1v) is 19.0. The first-order valence-electron chi connectivity index (χ1n) is 17.1. The minimum atomic E-state index is -0.742. The van der Waals surface area contributed by atoms with Crippen LogP contribution in [0.2, 0.25) is 0 Å². The van der Waals surface area contributed by atoms with Gasteiger partial charge >= 0.3 is 5.97 Å². The minimum Gasteiger partial charge on any atom is -0.493 e. The fourth-order valence-corrected chi connectivity index (χ4v) is 8.28. The van der Waals surface area contributed by atoms with Crippen LogP contribution in [-0.2, 0) is 16.1 Å². The normalized spacial score (nSPS) is 14.3. The Morgan fingerprint density at radius 1 is 0.962 bits per heavy atom. The predicted octanol–water partition coefficient (Wildman–Crippen LogP) is 8.40. The standard InChI is InChI=1S/C43H37IN2O5S/c1-5-50-42(48)37-38(30-13-7-6-8-14-30)45-43-46(39(37)31-20-18-28(19-21-31)26(2)3)41(47)36(52-43)24-27-22-34(44)40(35(23-27)49-4)51-25-32-16-11-15-29-12-9-10-17-33(29)32/h6-24,26,39H,5,25H2,1-4H3/b36-24-/t39-/m0/s1. The van der Waals surface area contributed by atoms with Gasteiger partial charge in [-0.2, -0.15) is 0 Å². The summed E-state index contributed by atoms with van der Waals surface area (Å²) in [4.78, 5) is 33.8. The Morgan fingerprint density at radius 3 is 2.42 bits per heavy atom. The third-order valence-corrected chi connectivity index (χ3v) is 10.9. The molecule has 262 valence electrons. The van der Waals surface area contributed by atoms with E-state index in [1.54, 1.807) is 18.6 Å². The Morgan fingerprint density at radius 2 is 1.69 bits per heavy atom. The summed E-state index contributed by atoms with van der Waals surface area (Å²) in [5.41, 5.74) is 5.15. The van der Waals surface area contributed by atoms with Crippen molar-refractivity contribution >= 4 is 62.4 Å². The molecular weight excluding hydrogens is 783 g/mol. The van der Waals surface area contributed by atoms with E-state index in [2.05, 4.69) is 72.8 Å². The van der Waals surface area contributed by atoms with Crippen LogP contribution >= 0.6 is 33.9 Å². The van der Waals surface area contributed by atoms with Crippen molar-refractivity contribution in [3.05, 3.63) is 166 Å². The number of nitrogens with zero attached hydrogens (tertiary/aromatic N) is 2. The Bertz CT molecular complexity index is 2500. The van der Waals surface area contributed by atoms with Crippen LogP contribution in [0.1, 0.15) is 60.5 Å². The molecule has 0 saturated carbocycles. The van der Waals surface area contributed by atoms with Gasteiger partial charge in [0.15, 0.2) is 16.3 Å². The van der Waals surface area contributed by atoms with Crippen LogP contribution < -0.4 is 24.4 Å². The van der Waals surface area contributed by atoms with Crippen LogP contribution in [-0.4, -0.2) is 24.3 Å². The monoisotopic (exact) mass is 820 g/mol. The van der Waals surface area contributed by atoms with Crippen molar-refractivity contribution in [3.8, 4) is 11.5 Å². The van der Waals surface area contributed by atoms with Crippen LogP contribution in [0.25, 0.3) is 22.5 Å². The Balaban J connectivity index is 1.34. The van der Waals surface area contributed by atoms with E-state index in [4.69, 9.17) is 19.2 Å². The summed E-state index contributed by atoms with van der Waals surface area (Å²) in [6, 6.07) is 35.2. The van der Waals surface area contributed by atoms with Gasteiger partial charge in [-0.3, -0.25) is 9.36 Å². The van der Waals surface area contributed by atoms with Gasteiger partial charge in [-0.1, -0.05) is 122 Å². The molecule has 7 rings (SSSR count). The maximum Gasteiger partial charge on any atom is 0.338 e. The van der Waals surface area contributed by atoms with Crippen molar-refractivity contribution in [2.45, 2.75) is 39.3 Å². The Kier molecular flexibility index (Phi) is 10.4. The van der Waals surface area contributed by atoms with Gasteiger partial charge < -0.3 is 14.2 Å². The third kappa shape index (κ3) is 6.95. The zero-order chi connectivity index (χ0) is 36.4. The lowest BCUT2D eigenvalue weighted by Crippen LogP contribution is -2.40. The quantitative estimate of drug-likeness (QED) is 0.103. The number of esters is 1. The van der Waals surface area contributed by atoms with Gasteiger partial charge in [0.1, 0.15) is 6.61 Å². The van der Waals surface area contributed by atoms with Crippen molar-refractivity contribution in [1.29, 1.82) is 0 Å². The van der Waals surface area contributed by atoms with E-state index in [9.17, 15) is 9.59 Å². The van der Waals surface area contributed by atoms with Crippen molar-refractivity contribution in [3.63, 3.8) is 0 Å². The molecule has 1 aromatic heterocycles. The summed E-state index contributed by atoms with van der Waals surface area (Å²) in [6.45, 7) is 6.61. The van der Waals surface area contributed by atoms with Gasteiger partial charge in [0, 0.05) is 5.56 Å². The van der Waals surface area contributed by atoms with E-state index < -0.39 is 12.0 Å². The molecule has 1 atom stereocenters. The zero-order valence-electron chi connectivity index (χ0n) is 29.3. The topological polar surface area (TPSA) is 79.1 Å². The van der Waals surface area contributed by atoms with Crippen LogP contribution in [0.4, 0.5) is 0 Å². The lowest BCUT2D eigenvalue weighted by Gasteiger charge is -2.26. The van der Waals surface area contributed by atoms with Crippen molar-refractivity contribution in [2.75, 3.05) is 13.7 Å². The molecule has 0 amide bonds.